The van der Waals surface area contributed by atoms with E-state index >= 15 is 0 Å². The normalized spacial score (nSPS) is 10.8. The van der Waals surface area contributed by atoms with Crippen molar-refractivity contribution in [3.8, 4) is 22.8 Å². The van der Waals surface area contributed by atoms with Gasteiger partial charge in [0, 0.05) is 11.1 Å². The highest BCUT2D eigenvalue weighted by Crippen LogP contribution is 2.26. The molecule has 0 saturated carbocycles. The lowest BCUT2D eigenvalue weighted by atomic mass is 10.0. The van der Waals surface area contributed by atoms with Crippen molar-refractivity contribution in [3.63, 3.8) is 0 Å². The zero-order valence-corrected chi connectivity index (χ0v) is 14.3. The number of hydrogen-bond donors (Lipinski definition) is 0. The van der Waals surface area contributed by atoms with Crippen molar-refractivity contribution in [3.05, 3.63) is 64.5 Å². The van der Waals surface area contributed by atoms with Crippen molar-refractivity contribution in [1.29, 1.82) is 0 Å². The van der Waals surface area contributed by atoms with Crippen LogP contribution in [0.3, 0.4) is 0 Å². The van der Waals surface area contributed by atoms with E-state index in [2.05, 4.69) is 74.1 Å². The van der Waals surface area contributed by atoms with Crippen LogP contribution in [0.25, 0.3) is 22.8 Å². The highest BCUT2D eigenvalue weighted by atomic mass is 15.0. The van der Waals surface area contributed by atoms with Crippen LogP contribution in [0.15, 0.2) is 36.4 Å². The van der Waals surface area contributed by atoms with Crippen molar-refractivity contribution in [2.45, 2.75) is 34.6 Å². The Balaban J connectivity index is 2.20. The van der Waals surface area contributed by atoms with E-state index < -0.39 is 0 Å². The van der Waals surface area contributed by atoms with E-state index in [1.807, 2.05) is 6.92 Å². The second-order valence-electron chi connectivity index (χ2n) is 6.17. The van der Waals surface area contributed by atoms with Crippen LogP contribution in [0.5, 0.6) is 0 Å². The summed E-state index contributed by atoms with van der Waals surface area (Å²) in [4.78, 5) is 13.9. The summed E-state index contributed by atoms with van der Waals surface area (Å²) in [5, 5.41) is 0. The zero-order valence-electron chi connectivity index (χ0n) is 14.3. The van der Waals surface area contributed by atoms with Gasteiger partial charge in [-0.25, -0.2) is 15.0 Å². The average Bonchev–Trinajstić information content (AvgIpc) is 2.51. The smallest absolute Gasteiger partial charge is 0.163 e. The molecule has 0 radical (unpaired) electrons. The van der Waals surface area contributed by atoms with Crippen molar-refractivity contribution >= 4 is 0 Å². The van der Waals surface area contributed by atoms with Gasteiger partial charge in [0.1, 0.15) is 5.82 Å². The van der Waals surface area contributed by atoms with Crippen LogP contribution >= 0.6 is 0 Å². The lowest BCUT2D eigenvalue weighted by molar-refractivity contribution is 0.987. The fraction of sp³-hybridized carbons (Fsp3) is 0.250. The molecule has 3 nitrogen and oxygen atoms in total. The number of aromatic nitrogens is 3. The minimum atomic E-state index is 0.742. The topological polar surface area (TPSA) is 38.7 Å². The van der Waals surface area contributed by atoms with Crippen LogP contribution < -0.4 is 0 Å². The Morgan fingerprint density at radius 2 is 1.00 bits per heavy atom. The monoisotopic (exact) mass is 303 g/mol. The molecule has 0 aliphatic carbocycles. The van der Waals surface area contributed by atoms with Crippen LogP contribution in [0.4, 0.5) is 0 Å². The van der Waals surface area contributed by atoms with E-state index in [0.29, 0.717) is 0 Å². The summed E-state index contributed by atoms with van der Waals surface area (Å²) >= 11 is 0. The first-order valence-electron chi connectivity index (χ1n) is 7.82. The molecule has 0 N–H and O–H groups in total. The third-order valence-electron chi connectivity index (χ3n) is 4.02. The molecule has 0 spiro atoms. The Bertz CT molecular complexity index is 812. The molecule has 0 saturated heterocycles. The first kappa shape index (κ1) is 15.3. The third kappa shape index (κ3) is 3.14. The first-order valence-corrected chi connectivity index (χ1v) is 7.82. The van der Waals surface area contributed by atoms with Gasteiger partial charge < -0.3 is 0 Å². The predicted octanol–water partition coefficient (Wildman–Crippen LogP) is 4.75. The SMILES string of the molecule is Cc1ccc(C)c(-c2nc(C)nc(-c3cc(C)ccc3C)n2)c1. The summed E-state index contributed by atoms with van der Waals surface area (Å²) < 4.78 is 0. The van der Waals surface area contributed by atoms with E-state index in [4.69, 9.17) is 4.98 Å². The molecule has 23 heavy (non-hydrogen) atoms. The van der Waals surface area contributed by atoms with Crippen LogP contribution in [0, 0.1) is 34.6 Å². The Labute approximate surface area is 137 Å². The number of hydrogen-bond acceptors (Lipinski definition) is 3. The molecule has 0 amide bonds. The van der Waals surface area contributed by atoms with E-state index in [9.17, 15) is 0 Å². The van der Waals surface area contributed by atoms with E-state index in [1.165, 1.54) is 22.3 Å². The molecule has 3 aromatic rings. The minimum Gasteiger partial charge on any atom is -0.213 e. The summed E-state index contributed by atoms with van der Waals surface area (Å²) in [7, 11) is 0. The highest BCUT2D eigenvalue weighted by Gasteiger charge is 2.12. The maximum Gasteiger partial charge on any atom is 0.163 e. The third-order valence-corrected chi connectivity index (χ3v) is 4.02. The molecule has 1 heterocycles. The quantitative estimate of drug-likeness (QED) is 0.686. The summed E-state index contributed by atoms with van der Waals surface area (Å²) in [6.07, 6.45) is 0. The van der Waals surface area contributed by atoms with Crippen molar-refractivity contribution < 1.29 is 0 Å². The molecule has 0 fully saturated rings. The predicted molar refractivity (Wildman–Crippen MR) is 94.4 cm³/mol. The van der Waals surface area contributed by atoms with Crippen molar-refractivity contribution in [2.75, 3.05) is 0 Å². The maximum absolute atomic E-state index is 4.76. The Kier molecular flexibility index (Phi) is 3.95. The molecule has 1 aromatic heterocycles. The first-order chi connectivity index (χ1) is 10.9. The average molecular weight is 303 g/mol. The van der Waals surface area contributed by atoms with Gasteiger partial charge in [0.15, 0.2) is 11.6 Å². The van der Waals surface area contributed by atoms with Gasteiger partial charge in [0.2, 0.25) is 0 Å². The highest BCUT2D eigenvalue weighted by molar-refractivity contribution is 5.66. The van der Waals surface area contributed by atoms with Gasteiger partial charge in [-0.15, -0.1) is 0 Å². The lowest BCUT2D eigenvalue weighted by Gasteiger charge is -2.10. The summed E-state index contributed by atoms with van der Waals surface area (Å²) in [6, 6.07) is 12.7. The summed E-state index contributed by atoms with van der Waals surface area (Å²) in [5.74, 6) is 2.23. The van der Waals surface area contributed by atoms with Gasteiger partial charge in [-0.1, -0.05) is 35.4 Å². The maximum atomic E-state index is 4.76. The van der Waals surface area contributed by atoms with Gasteiger partial charge >= 0.3 is 0 Å². The zero-order chi connectivity index (χ0) is 16.6. The molecule has 0 aliphatic heterocycles. The Morgan fingerprint density at radius 1 is 0.565 bits per heavy atom. The number of benzene rings is 2. The van der Waals surface area contributed by atoms with Gasteiger partial charge in [0.25, 0.3) is 0 Å². The molecule has 2 aromatic carbocycles. The Morgan fingerprint density at radius 3 is 1.43 bits per heavy atom. The van der Waals surface area contributed by atoms with Crippen LogP contribution in [0.1, 0.15) is 28.1 Å². The molecule has 0 aliphatic rings. The molecule has 0 unspecified atom stereocenters. The van der Waals surface area contributed by atoms with Crippen LogP contribution in [-0.2, 0) is 0 Å². The summed E-state index contributed by atoms with van der Waals surface area (Å²) in [5.41, 5.74) is 6.90. The standard InChI is InChI=1S/C20H21N3/c1-12-6-8-14(3)17(10-12)19-21-16(5)22-20(23-19)18-11-13(2)7-9-15(18)4/h6-11H,1-5H3. The largest absolute Gasteiger partial charge is 0.213 e. The van der Waals surface area contributed by atoms with Gasteiger partial charge in [-0.05, 0) is 57.9 Å². The van der Waals surface area contributed by atoms with Crippen molar-refractivity contribution in [1.82, 2.24) is 15.0 Å². The molecule has 0 atom stereocenters. The second kappa shape index (κ2) is 5.92. The molecule has 0 bridgehead atoms. The molecule has 3 heteroatoms. The van der Waals surface area contributed by atoms with Crippen molar-refractivity contribution in [2.24, 2.45) is 0 Å². The number of aryl methyl sites for hydroxylation is 5. The van der Waals surface area contributed by atoms with Crippen LogP contribution in [-0.4, -0.2) is 15.0 Å². The van der Waals surface area contributed by atoms with E-state index in [-0.39, 0.29) is 0 Å². The fourth-order valence-corrected chi connectivity index (χ4v) is 2.68. The Hall–Kier alpha value is -2.55. The molecule has 116 valence electrons. The lowest BCUT2D eigenvalue weighted by Crippen LogP contribution is -2.01. The molecular weight excluding hydrogens is 282 g/mol. The van der Waals surface area contributed by atoms with Gasteiger partial charge in [-0.3, -0.25) is 0 Å². The fourth-order valence-electron chi connectivity index (χ4n) is 2.68. The molecule has 3 rings (SSSR count). The number of nitrogens with zero attached hydrogens (tertiary/aromatic N) is 3. The van der Waals surface area contributed by atoms with Gasteiger partial charge in [-0.2, -0.15) is 0 Å². The second-order valence-corrected chi connectivity index (χ2v) is 6.17. The van der Waals surface area contributed by atoms with Gasteiger partial charge in [0.05, 0.1) is 0 Å². The molecular formula is C20H21N3. The van der Waals surface area contributed by atoms with E-state index in [1.54, 1.807) is 0 Å². The summed E-state index contributed by atoms with van der Waals surface area (Å²) in [6.45, 7) is 10.3. The van der Waals surface area contributed by atoms with E-state index in [0.717, 1.165) is 28.6 Å². The minimum absolute atomic E-state index is 0.742. The van der Waals surface area contributed by atoms with Crippen LogP contribution in [0.2, 0.25) is 0 Å². The number of rotatable bonds is 2.